The third-order valence-electron chi connectivity index (χ3n) is 2.72. The van der Waals surface area contributed by atoms with E-state index in [4.69, 9.17) is 4.74 Å². The summed E-state index contributed by atoms with van der Waals surface area (Å²) in [5.74, 6) is -3.18. The topological polar surface area (TPSA) is 95.7 Å². The molecule has 0 saturated heterocycles. The molecule has 0 amide bonds. The van der Waals surface area contributed by atoms with E-state index in [0.717, 1.165) is 37.4 Å². The van der Waals surface area contributed by atoms with Crippen molar-refractivity contribution in [1.82, 2.24) is 0 Å². The van der Waals surface area contributed by atoms with Gasteiger partial charge in [-0.25, -0.2) is 8.78 Å². The van der Waals surface area contributed by atoms with E-state index in [0.29, 0.717) is 6.07 Å². The molecule has 0 aliphatic rings. The second kappa shape index (κ2) is 6.16. The van der Waals surface area contributed by atoms with Crippen LogP contribution in [-0.4, -0.2) is 20.5 Å². The minimum absolute atomic E-state index is 0.346. The van der Waals surface area contributed by atoms with Gasteiger partial charge in [-0.05, 0) is 18.2 Å². The highest BCUT2D eigenvalue weighted by Crippen LogP contribution is 2.31. The molecule has 0 unspecified atom stereocenters. The highest BCUT2D eigenvalue weighted by Gasteiger charge is 2.25. The van der Waals surface area contributed by atoms with E-state index in [1.807, 2.05) is 0 Å². The summed E-state index contributed by atoms with van der Waals surface area (Å²) >= 11 is 0. The summed E-state index contributed by atoms with van der Waals surface area (Å²) in [4.78, 5) is 9.41. The van der Waals surface area contributed by atoms with E-state index < -0.39 is 43.0 Å². The molecule has 7 nitrogen and oxygen atoms in total. The lowest BCUT2D eigenvalue weighted by atomic mass is 10.3. The molecule has 2 aromatic rings. The lowest BCUT2D eigenvalue weighted by Gasteiger charge is -2.11. The summed E-state index contributed by atoms with van der Waals surface area (Å²) in [5, 5.41) is 10.7. The van der Waals surface area contributed by atoms with Crippen molar-refractivity contribution in [3.05, 3.63) is 58.1 Å². The van der Waals surface area contributed by atoms with E-state index in [-0.39, 0.29) is 5.75 Å². The smallest absolute Gasteiger partial charge is 0.343 e. The van der Waals surface area contributed by atoms with Gasteiger partial charge in [0.1, 0.15) is 16.5 Å². The fraction of sp³-hybridized carbons (Fsp3) is 0.0769. The lowest BCUT2D eigenvalue weighted by Crippen LogP contribution is -2.12. The summed E-state index contributed by atoms with van der Waals surface area (Å²) in [7, 11) is -3.44. The Bertz CT molecular complexity index is 869. The van der Waals surface area contributed by atoms with Crippen LogP contribution in [0.25, 0.3) is 0 Å². The number of methoxy groups -OCH3 is 1. The molecule has 0 bridgehead atoms. The molecule has 122 valence electrons. The van der Waals surface area contributed by atoms with Gasteiger partial charge in [0.05, 0.1) is 18.1 Å². The van der Waals surface area contributed by atoms with Crippen LogP contribution in [0.5, 0.6) is 11.5 Å². The maximum Gasteiger partial charge on any atom is 0.343 e. The van der Waals surface area contributed by atoms with Crippen molar-refractivity contribution in [1.29, 1.82) is 0 Å². The predicted molar refractivity (Wildman–Crippen MR) is 73.8 cm³/mol. The first-order chi connectivity index (χ1) is 10.7. The molecule has 0 aromatic heterocycles. The lowest BCUT2D eigenvalue weighted by molar-refractivity contribution is -0.385. The number of nitrogens with zero attached hydrogens (tertiary/aromatic N) is 1. The summed E-state index contributed by atoms with van der Waals surface area (Å²) in [5.41, 5.74) is -0.395. The molecule has 0 atom stereocenters. The molecule has 0 aliphatic carbocycles. The van der Waals surface area contributed by atoms with Crippen LogP contribution in [0.2, 0.25) is 0 Å². The molecule has 0 N–H and O–H groups in total. The molecule has 2 aromatic carbocycles. The number of hydrogen-bond donors (Lipinski definition) is 0. The Balaban J connectivity index is 2.45. The van der Waals surface area contributed by atoms with Crippen molar-refractivity contribution in [3.63, 3.8) is 0 Å². The molecule has 2 rings (SSSR count). The van der Waals surface area contributed by atoms with Gasteiger partial charge in [-0.1, -0.05) is 0 Å². The second-order valence-corrected chi connectivity index (χ2v) is 5.72. The number of non-ortho nitro benzene ring substituents is 1. The minimum atomic E-state index is -4.54. The van der Waals surface area contributed by atoms with E-state index >= 15 is 0 Å². The van der Waals surface area contributed by atoms with Crippen LogP contribution >= 0.6 is 0 Å². The number of nitro benzene ring substituents is 1. The fourth-order valence-corrected chi connectivity index (χ4v) is 2.77. The monoisotopic (exact) mass is 345 g/mol. The number of hydrogen-bond acceptors (Lipinski definition) is 6. The maximum absolute atomic E-state index is 13.5. The largest absolute Gasteiger partial charge is 0.495 e. The molecular weight excluding hydrogens is 336 g/mol. The van der Waals surface area contributed by atoms with Gasteiger partial charge in [0.15, 0.2) is 11.6 Å². The SMILES string of the molecule is COc1cc([N+](=O)[O-])ccc1S(=O)(=O)Oc1ccc(F)cc1F. The third-order valence-corrected chi connectivity index (χ3v) is 4.00. The summed E-state index contributed by atoms with van der Waals surface area (Å²) < 4.78 is 60.0. The molecule has 10 heteroatoms. The first-order valence-corrected chi connectivity index (χ1v) is 7.37. The van der Waals surface area contributed by atoms with Crippen molar-refractivity contribution in [3.8, 4) is 11.5 Å². The van der Waals surface area contributed by atoms with E-state index in [1.54, 1.807) is 0 Å². The van der Waals surface area contributed by atoms with Gasteiger partial charge in [-0.15, -0.1) is 0 Å². The van der Waals surface area contributed by atoms with Gasteiger partial charge in [0.2, 0.25) is 0 Å². The predicted octanol–water partition coefficient (Wildman–Crippen LogP) is 2.65. The van der Waals surface area contributed by atoms with Gasteiger partial charge < -0.3 is 8.92 Å². The van der Waals surface area contributed by atoms with Gasteiger partial charge in [-0.3, -0.25) is 10.1 Å². The Kier molecular flexibility index (Phi) is 4.45. The van der Waals surface area contributed by atoms with Crippen molar-refractivity contribution < 1.29 is 31.0 Å². The number of benzene rings is 2. The zero-order chi connectivity index (χ0) is 17.2. The highest BCUT2D eigenvalue weighted by molar-refractivity contribution is 7.87. The Morgan fingerprint density at radius 3 is 2.35 bits per heavy atom. The first-order valence-electron chi connectivity index (χ1n) is 5.96. The van der Waals surface area contributed by atoms with Gasteiger partial charge in [-0.2, -0.15) is 8.42 Å². The van der Waals surface area contributed by atoms with Gasteiger partial charge in [0, 0.05) is 12.1 Å². The summed E-state index contributed by atoms with van der Waals surface area (Å²) in [6.07, 6.45) is 0. The van der Waals surface area contributed by atoms with Crippen LogP contribution in [0.3, 0.4) is 0 Å². The number of ether oxygens (including phenoxy) is 1. The molecule has 0 saturated carbocycles. The van der Waals surface area contributed by atoms with Crippen LogP contribution in [0.4, 0.5) is 14.5 Å². The molecule has 0 heterocycles. The number of nitro groups is 1. The Morgan fingerprint density at radius 1 is 1.09 bits per heavy atom. The van der Waals surface area contributed by atoms with Gasteiger partial charge in [0.25, 0.3) is 5.69 Å². The highest BCUT2D eigenvalue weighted by atomic mass is 32.2. The first kappa shape index (κ1) is 16.6. The van der Waals surface area contributed by atoms with E-state index in [2.05, 4.69) is 4.18 Å². The third kappa shape index (κ3) is 3.54. The van der Waals surface area contributed by atoms with Gasteiger partial charge >= 0.3 is 10.1 Å². The number of halogens is 2. The normalized spacial score (nSPS) is 11.1. The standard InChI is InChI=1S/C13H9F2NO6S/c1-21-12-7-9(16(17)18)3-5-13(12)23(19,20)22-11-4-2-8(14)6-10(11)15/h2-7H,1H3. The Hall–Kier alpha value is -2.75. The average Bonchev–Trinajstić information content (AvgIpc) is 2.49. The molecule has 23 heavy (non-hydrogen) atoms. The van der Waals surface area contributed by atoms with Crippen LogP contribution in [0, 0.1) is 21.7 Å². The van der Waals surface area contributed by atoms with E-state index in [1.165, 1.54) is 0 Å². The average molecular weight is 345 g/mol. The zero-order valence-electron chi connectivity index (χ0n) is 11.5. The molecule has 0 spiro atoms. The van der Waals surface area contributed by atoms with Crippen molar-refractivity contribution >= 4 is 15.8 Å². The van der Waals surface area contributed by atoms with Crippen LogP contribution < -0.4 is 8.92 Å². The Morgan fingerprint density at radius 2 is 1.78 bits per heavy atom. The van der Waals surface area contributed by atoms with E-state index in [9.17, 15) is 27.3 Å². The quantitative estimate of drug-likeness (QED) is 0.470. The van der Waals surface area contributed by atoms with Crippen molar-refractivity contribution in [2.24, 2.45) is 0 Å². The molecular formula is C13H9F2NO6S. The van der Waals surface area contributed by atoms with Crippen LogP contribution in [0.1, 0.15) is 0 Å². The van der Waals surface area contributed by atoms with Crippen LogP contribution in [0.15, 0.2) is 41.3 Å². The summed E-state index contributed by atoms with van der Waals surface area (Å²) in [6.45, 7) is 0. The second-order valence-electron chi connectivity index (χ2n) is 4.20. The van der Waals surface area contributed by atoms with Crippen LogP contribution in [-0.2, 0) is 10.1 Å². The molecule has 0 aliphatic heterocycles. The fourth-order valence-electron chi connectivity index (χ4n) is 1.68. The maximum atomic E-state index is 13.5. The van der Waals surface area contributed by atoms with Crippen molar-refractivity contribution in [2.75, 3.05) is 7.11 Å². The molecule has 0 radical (unpaired) electrons. The summed E-state index contributed by atoms with van der Waals surface area (Å²) in [6, 6.07) is 4.80. The van der Waals surface area contributed by atoms with Crippen molar-refractivity contribution in [2.45, 2.75) is 4.90 Å². The minimum Gasteiger partial charge on any atom is -0.495 e. The number of rotatable bonds is 5. The Labute approximate surface area is 129 Å². The zero-order valence-corrected chi connectivity index (χ0v) is 12.3. The molecule has 0 fully saturated rings.